The minimum Gasteiger partial charge on any atom is -0.497 e. The summed E-state index contributed by atoms with van der Waals surface area (Å²) < 4.78 is 15.9. The first-order chi connectivity index (χ1) is 12.9. The molecule has 0 fully saturated rings. The molecule has 0 saturated heterocycles. The van der Waals surface area contributed by atoms with Crippen molar-refractivity contribution in [2.24, 2.45) is 0 Å². The number of rotatable bonds is 8. The van der Waals surface area contributed by atoms with Gasteiger partial charge in [-0.1, -0.05) is 12.1 Å². The van der Waals surface area contributed by atoms with Gasteiger partial charge in [0.1, 0.15) is 17.2 Å². The predicted molar refractivity (Wildman–Crippen MR) is 104 cm³/mol. The highest BCUT2D eigenvalue weighted by molar-refractivity contribution is 6.07. The van der Waals surface area contributed by atoms with E-state index in [1.54, 1.807) is 70.8 Å². The van der Waals surface area contributed by atoms with E-state index in [9.17, 15) is 9.59 Å². The Morgan fingerprint density at radius 1 is 1.00 bits per heavy atom. The van der Waals surface area contributed by atoms with Crippen LogP contribution >= 0.6 is 0 Å². The molecule has 0 aliphatic carbocycles. The topological polar surface area (TPSA) is 65.1 Å². The Kier molecular flexibility index (Phi) is 7.00. The molecule has 2 aromatic rings. The van der Waals surface area contributed by atoms with Gasteiger partial charge in [-0.05, 0) is 36.4 Å². The van der Waals surface area contributed by atoms with Gasteiger partial charge < -0.3 is 19.1 Å². The molecule has 0 saturated carbocycles. The van der Waals surface area contributed by atoms with Gasteiger partial charge >= 0.3 is 0 Å². The summed E-state index contributed by atoms with van der Waals surface area (Å²) in [7, 11) is 6.45. The van der Waals surface area contributed by atoms with Gasteiger partial charge in [0.05, 0.1) is 14.2 Å². The Bertz CT molecular complexity index is 842. The lowest BCUT2D eigenvalue weighted by Crippen LogP contribution is -2.27. The van der Waals surface area contributed by atoms with Crippen molar-refractivity contribution in [3.05, 3.63) is 59.7 Å². The predicted octanol–water partition coefficient (Wildman–Crippen LogP) is 3.07. The van der Waals surface area contributed by atoms with Gasteiger partial charge in [0, 0.05) is 31.3 Å². The third-order valence-corrected chi connectivity index (χ3v) is 3.83. The average molecular weight is 369 g/mol. The van der Waals surface area contributed by atoms with Crippen molar-refractivity contribution in [1.82, 2.24) is 4.90 Å². The molecule has 2 rings (SSSR count). The molecule has 0 aliphatic rings. The van der Waals surface area contributed by atoms with Crippen LogP contribution in [0.15, 0.2) is 48.5 Å². The van der Waals surface area contributed by atoms with Crippen molar-refractivity contribution in [1.29, 1.82) is 0 Å². The first-order valence-corrected chi connectivity index (χ1v) is 8.32. The van der Waals surface area contributed by atoms with E-state index in [1.165, 1.54) is 11.0 Å². The Morgan fingerprint density at radius 2 is 1.78 bits per heavy atom. The van der Waals surface area contributed by atoms with Crippen LogP contribution in [0.2, 0.25) is 0 Å². The van der Waals surface area contributed by atoms with Crippen LogP contribution in [0.3, 0.4) is 0 Å². The second-order valence-electron chi connectivity index (χ2n) is 5.91. The number of hydrogen-bond donors (Lipinski definition) is 0. The molecule has 0 aliphatic heterocycles. The lowest BCUT2D eigenvalue weighted by molar-refractivity contribution is -0.130. The number of benzene rings is 2. The summed E-state index contributed by atoms with van der Waals surface area (Å²) in [5, 5.41) is 0. The van der Waals surface area contributed by atoms with E-state index in [-0.39, 0.29) is 18.3 Å². The second kappa shape index (κ2) is 9.43. The van der Waals surface area contributed by atoms with Crippen LogP contribution in [-0.2, 0) is 4.79 Å². The van der Waals surface area contributed by atoms with Crippen molar-refractivity contribution in [2.75, 3.05) is 34.9 Å². The van der Waals surface area contributed by atoms with E-state index in [0.29, 0.717) is 22.8 Å². The maximum Gasteiger partial charge on any atom is 0.259 e. The Morgan fingerprint density at radius 3 is 2.44 bits per heavy atom. The van der Waals surface area contributed by atoms with Crippen LogP contribution in [0.4, 0.5) is 0 Å². The van der Waals surface area contributed by atoms with Crippen molar-refractivity contribution >= 4 is 17.8 Å². The zero-order valence-electron chi connectivity index (χ0n) is 15.9. The first-order valence-electron chi connectivity index (χ1n) is 8.32. The molecule has 2 aromatic carbocycles. The van der Waals surface area contributed by atoms with Gasteiger partial charge in [-0.25, -0.2) is 0 Å². The first kappa shape index (κ1) is 20.0. The molecule has 0 aromatic heterocycles. The number of carbonyl (C=O) groups excluding carboxylic acids is 2. The molecule has 0 spiro atoms. The summed E-state index contributed by atoms with van der Waals surface area (Å²) >= 11 is 0. The van der Waals surface area contributed by atoms with Crippen molar-refractivity contribution in [3.63, 3.8) is 0 Å². The molecule has 0 N–H and O–H groups in total. The maximum absolute atomic E-state index is 12.5. The zero-order chi connectivity index (χ0) is 19.8. The Balaban J connectivity index is 2.11. The zero-order valence-corrected chi connectivity index (χ0v) is 15.9. The number of nitrogens with zero attached hydrogens (tertiary/aromatic N) is 1. The van der Waals surface area contributed by atoms with Crippen LogP contribution in [0, 0.1) is 0 Å². The Labute approximate surface area is 159 Å². The van der Waals surface area contributed by atoms with Gasteiger partial charge in [0.15, 0.2) is 12.4 Å². The molecule has 6 nitrogen and oxygen atoms in total. The van der Waals surface area contributed by atoms with Crippen LogP contribution in [0.25, 0.3) is 6.08 Å². The van der Waals surface area contributed by atoms with Crippen LogP contribution in [0.5, 0.6) is 17.2 Å². The fourth-order valence-corrected chi connectivity index (χ4v) is 2.23. The third kappa shape index (κ3) is 5.60. The second-order valence-corrected chi connectivity index (χ2v) is 5.91. The van der Waals surface area contributed by atoms with Crippen molar-refractivity contribution in [3.8, 4) is 17.2 Å². The molecule has 0 heterocycles. The Hall–Kier alpha value is -3.28. The van der Waals surface area contributed by atoms with E-state index >= 15 is 0 Å². The summed E-state index contributed by atoms with van der Waals surface area (Å²) in [4.78, 5) is 25.5. The SMILES string of the molecule is COc1ccc(/C=C/C(=O)c2cccc(OCC(=O)N(C)C)c2)c(OC)c1. The number of ketones is 1. The van der Waals surface area contributed by atoms with Gasteiger partial charge in [0.25, 0.3) is 5.91 Å². The average Bonchev–Trinajstić information content (AvgIpc) is 2.70. The monoisotopic (exact) mass is 369 g/mol. The van der Waals surface area contributed by atoms with Crippen LogP contribution < -0.4 is 14.2 Å². The number of ether oxygens (including phenoxy) is 3. The largest absolute Gasteiger partial charge is 0.497 e. The van der Waals surface area contributed by atoms with E-state index in [1.807, 2.05) is 6.07 Å². The lowest BCUT2D eigenvalue weighted by atomic mass is 10.1. The summed E-state index contributed by atoms with van der Waals surface area (Å²) in [6.07, 6.45) is 3.15. The van der Waals surface area contributed by atoms with Crippen molar-refractivity contribution < 1.29 is 23.8 Å². The van der Waals surface area contributed by atoms with Gasteiger partial charge in [-0.2, -0.15) is 0 Å². The molecule has 6 heteroatoms. The normalized spacial score (nSPS) is 10.5. The summed E-state index contributed by atoms with van der Waals surface area (Å²) in [5.41, 5.74) is 1.23. The van der Waals surface area contributed by atoms with Crippen LogP contribution in [0.1, 0.15) is 15.9 Å². The number of likely N-dealkylation sites (N-methyl/N-ethyl adjacent to an activating group) is 1. The number of allylic oxidation sites excluding steroid dienone is 1. The minimum absolute atomic E-state index is 0.0798. The fourth-order valence-electron chi connectivity index (χ4n) is 2.23. The number of methoxy groups -OCH3 is 2. The molecule has 0 unspecified atom stereocenters. The quantitative estimate of drug-likeness (QED) is 0.529. The number of carbonyl (C=O) groups is 2. The standard InChI is InChI=1S/C21H23NO5/c1-22(2)21(24)14-27-18-7-5-6-16(12-18)19(23)11-9-15-8-10-17(25-3)13-20(15)26-4/h5-13H,14H2,1-4H3/b11-9+. The maximum atomic E-state index is 12.5. The number of hydrogen-bond acceptors (Lipinski definition) is 5. The summed E-state index contributed by atoms with van der Waals surface area (Å²) in [6, 6.07) is 12.1. The van der Waals surface area contributed by atoms with Gasteiger partial charge in [0.2, 0.25) is 0 Å². The minimum atomic E-state index is -0.183. The molecule has 1 amide bonds. The molecule has 0 bridgehead atoms. The van der Waals surface area contributed by atoms with E-state index in [2.05, 4.69) is 0 Å². The van der Waals surface area contributed by atoms with E-state index in [4.69, 9.17) is 14.2 Å². The number of amides is 1. The van der Waals surface area contributed by atoms with E-state index in [0.717, 1.165) is 5.56 Å². The highest BCUT2D eigenvalue weighted by Gasteiger charge is 2.08. The smallest absolute Gasteiger partial charge is 0.259 e. The summed E-state index contributed by atoms with van der Waals surface area (Å²) in [6.45, 7) is -0.0798. The fraction of sp³-hybridized carbons (Fsp3) is 0.238. The third-order valence-electron chi connectivity index (χ3n) is 3.83. The van der Waals surface area contributed by atoms with Crippen molar-refractivity contribution in [2.45, 2.75) is 0 Å². The molecular formula is C21H23NO5. The highest BCUT2D eigenvalue weighted by atomic mass is 16.5. The molecule has 27 heavy (non-hydrogen) atoms. The van der Waals surface area contributed by atoms with Gasteiger partial charge in [-0.15, -0.1) is 0 Å². The van der Waals surface area contributed by atoms with Crippen LogP contribution in [-0.4, -0.2) is 51.5 Å². The lowest BCUT2D eigenvalue weighted by Gasteiger charge is -2.11. The highest BCUT2D eigenvalue weighted by Crippen LogP contribution is 2.25. The van der Waals surface area contributed by atoms with E-state index < -0.39 is 0 Å². The molecule has 142 valence electrons. The molecular weight excluding hydrogens is 346 g/mol. The molecule has 0 radical (unpaired) electrons. The molecule has 0 atom stereocenters. The summed E-state index contributed by atoms with van der Waals surface area (Å²) in [5.74, 6) is 1.41. The van der Waals surface area contributed by atoms with Gasteiger partial charge in [-0.3, -0.25) is 9.59 Å².